The Morgan fingerprint density at radius 1 is 1.24 bits per heavy atom. The third-order valence-electron chi connectivity index (χ3n) is 4.68. The Morgan fingerprint density at radius 3 is 2.62 bits per heavy atom. The first-order valence-electron chi connectivity index (χ1n) is 7.03. The molecule has 0 spiro atoms. The van der Waals surface area contributed by atoms with Gasteiger partial charge in [0.2, 0.25) is 0 Å². The van der Waals surface area contributed by atoms with Gasteiger partial charge in [0.1, 0.15) is 17.3 Å². The molecule has 1 aliphatic carbocycles. The first-order chi connectivity index (χ1) is 10.1. The van der Waals surface area contributed by atoms with Gasteiger partial charge in [-0.25, -0.2) is 14.4 Å². The number of pyridine rings is 1. The van der Waals surface area contributed by atoms with E-state index >= 15 is 0 Å². The van der Waals surface area contributed by atoms with Gasteiger partial charge < -0.3 is 10.6 Å². The summed E-state index contributed by atoms with van der Waals surface area (Å²) in [5, 5.41) is 0. The summed E-state index contributed by atoms with van der Waals surface area (Å²) in [5.74, 6) is 1.61. The lowest BCUT2D eigenvalue weighted by atomic mass is 10.2. The summed E-state index contributed by atoms with van der Waals surface area (Å²) in [6.45, 7) is 3.21. The maximum Gasteiger partial charge on any atom is 0.142 e. The summed E-state index contributed by atoms with van der Waals surface area (Å²) in [5.41, 5.74) is 6.25. The van der Waals surface area contributed by atoms with E-state index in [1.807, 2.05) is 12.1 Å². The topological polar surface area (TPSA) is 67.9 Å². The van der Waals surface area contributed by atoms with Crippen LogP contribution in [0.15, 0.2) is 30.7 Å². The van der Waals surface area contributed by atoms with Crippen molar-refractivity contribution in [2.45, 2.75) is 12.6 Å². The lowest BCUT2D eigenvalue weighted by Crippen LogP contribution is -2.28. The third-order valence-corrected chi connectivity index (χ3v) is 4.68. The predicted molar refractivity (Wildman–Crippen MR) is 78.4 cm³/mol. The van der Waals surface area contributed by atoms with Crippen LogP contribution in [-0.4, -0.2) is 33.7 Å². The molecule has 0 amide bonds. The molecule has 1 saturated carbocycles. The van der Waals surface area contributed by atoms with Crippen molar-refractivity contribution in [2.75, 3.05) is 23.7 Å². The number of nitrogen functional groups attached to an aromatic ring is 1. The molecular formula is C15H16FN5. The van der Waals surface area contributed by atoms with E-state index in [2.05, 4.69) is 19.9 Å². The van der Waals surface area contributed by atoms with Crippen LogP contribution in [0.3, 0.4) is 0 Å². The van der Waals surface area contributed by atoms with Gasteiger partial charge in [-0.15, -0.1) is 0 Å². The SMILES string of the molecule is CC1(F)C2CN(c3ccc(-c4cncc(N)n4)cn3)CC21. The number of rotatable bonds is 2. The van der Waals surface area contributed by atoms with Crippen LogP contribution in [-0.2, 0) is 0 Å². The summed E-state index contributed by atoms with van der Waals surface area (Å²) in [7, 11) is 0. The van der Waals surface area contributed by atoms with Crippen molar-refractivity contribution in [1.82, 2.24) is 15.0 Å². The molecule has 2 atom stereocenters. The van der Waals surface area contributed by atoms with E-state index in [-0.39, 0.29) is 11.8 Å². The largest absolute Gasteiger partial charge is 0.382 e. The lowest BCUT2D eigenvalue weighted by molar-refractivity contribution is 0.281. The number of hydrogen-bond acceptors (Lipinski definition) is 5. The van der Waals surface area contributed by atoms with Crippen molar-refractivity contribution >= 4 is 11.6 Å². The van der Waals surface area contributed by atoms with Crippen LogP contribution in [0.5, 0.6) is 0 Å². The minimum atomic E-state index is -0.965. The predicted octanol–water partition coefficient (Wildman–Crippen LogP) is 1.91. The Hall–Kier alpha value is -2.24. The number of aromatic nitrogens is 3. The molecule has 4 rings (SSSR count). The summed E-state index contributed by atoms with van der Waals surface area (Å²) in [6.07, 6.45) is 4.93. The van der Waals surface area contributed by atoms with Crippen molar-refractivity contribution in [3.05, 3.63) is 30.7 Å². The van der Waals surface area contributed by atoms with Crippen LogP contribution in [0.25, 0.3) is 11.3 Å². The number of halogens is 1. The fourth-order valence-electron chi connectivity index (χ4n) is 3.25. The van der Waals surface area contributed by atoms with Gasteiger partial charge in [0.25, 0.3) is 0 Å². The molecule has 2 fully saturated rings. The maximum absolute atomic E-state index is 13.8. The van der Waals surface area contributed by atoms with E-state index in [0.717, 1.165) is 24.5 Å². The Morgan fingerprint density at radius 2 is 2.00 bits per heavy atom. The Bertz CT molecular complexity index is 671. The molecule has 0 bridgehead atoms. The first-order valence-corrected chi connectivity index (χ1v) is 7.03. The molecule has 5 nitrogen and oxygen atoms in total. The van der Waals surface area contributed by atoms with E-state index in [1.165, 1.54) is 6.20 Å². The van der Waals surface area contributed by atoms with Crippen LogP contribution in [0.1, 0.15) is 6.92 Å². The third kappa shape index (κ3) is 1.93. The fourth-order valence-corrected chi connectivity index (χ4v) is 3.25. The first kappa shape index (κ1) is 12.5. The summed E-state index contributed by atoms with van der Waals surface area (Å²) in [4.78, 5) is 14.9. The number of nitrogens with two attached hydrogens (primary N) is 1. The van der Waals surface area contributed by atoms with E-state index in [4.69, 9.17) is 5.73 Å². The Labute approximate surface area is 122 Å². The average molecular weight is 285 g/mol. The molecule has 2 aromatic rings. The zero-order chi connectivity index (χ0) is 14.6. The van der Waals surface area contributed by atoms with Crippen molar-refractivity contribution in [3.8, 4) is 11.3 Å². The number of alkyl halides is 1. The van der Waals surface area contributed by atoms with E-state index < -0.39 is 5.67 Å². The van der Waals surface area contributed by atoms with Crippen molar-refractivity contribution in [2.24, 2.45) is 11.8 Å². The highest BCUT2D eigenvalue weighted by Gasteiger charge is 2.66. The minimum Gasteiger partial charge on any atom is -0.382 e. The zero-order valence-corrected chi connectivity index (χ0v) is 11.7. The highest BCUT2D eigenvalue weighted by atomic mass is 19.1. The number of anilines is 2. The van der Waals surface area contributed by atoms with E-state index in [1.54, 1.807) is 19.3 Å². The number of hydrogen-bond donors (Lipinski definition) is 1. The molecule has 1 aliphatic heterocycles. The molecule has 6 heteroatoms. The average Bonchev–Trinajstić information content (AvgIpc) is 2.86. The summed E-state index contributed by atoms with van der Waals surface area (Å²) in [6, 6.07) is 3.89. The normalized spacial score (nSPS) is 30.3. The second kappa shape index (κ2) is 4.13. The van der Waals surface area contributed by atoms with E-state index in [9.17, 15) is 4.39 Å². The molecule has 2 unspecified atom stereocenters. The van der Waals surface area contributed by atoms with Gasteiger partial charge in [0.15, 0.2) is 0 Å². The molecule has 21 heavy (non-hydrogen) atoms. The number of nitrogens with zero attached hydrogens (tertiary/aromatic N) is 4. The molecule has 2 aliphatic rings. The molecule has 2 aromatic heterocycles. The van der Waals surface area contributed by atoms with Gasteiger partial charge in [0, 0.05) is 36.7 Å². The fraction of sp³-hybridized carbons (Fsp3) is 0.400. The standard InChI is InChI=1S/C15H16FN5/c1-15(16)10-7-21(8-11(10)15)14-3-2-9(4-19-14)12-5-18-6-13(17)20-12/h2-6,10-11H,7-8H2,1H3,(H2,17,20). The molecule has 2 N–H and O–H groups in total. The van der Waals surface area contributed by atoms with Gasteiger partial charge in [-0.05, 0) is 19.1 Å². The number of fused-ring (bicyclic) bond motifs is 1. The second-order valence-corrected chi connectivity index (χ2v) is 6.00. The number of piperidine rings is 1. The summed E-state index contributed by atoms with van der Waals surface area (Å²) < 4.78 is 13.8. The smallest absolute Gasteiger partial charge is 0.142 e. The van der Waals surface area contributed by atoms with Crippen LogP contribution < -0.4 is 10.6 Å². The van der Waals surface area contributed by atoms with Gasteiger partial charge in [-0.3, -0.25) is 4.98 Å². The monoisotopic (exact) mass is 285 g/mol. The van der Waals surface area contributed by atoms with Crippen molar-refractivity contribution < 1.29 is 4.39 Å². The van der Waals surface area contributed by atoms with Crippen LogP contribution in [0, 0.1) is 11.8 Å². The van der Waals surface area contributed by atoms with Gasteiger partial charge in [-0.1, -0.05) is 0 Å². The Kier molecular flexibility index (Phi) is 2.46. The van der Waals surface area contributed by atoms with Gasteiger partial charge in [-0.2, -0.15) is 0 Å². The molecule has 3 heterocycles. The minimum absolute atomic E-state index is 0.166. The van der Waals surface area contributed by atoms with Crippen molar-refractivity contribution in [3.63, 3.8) is 0 Å². The van der Waals surface area contributed by atoms with Crippen LogP contribution in [0.2, 0.25) is 0 Å². The quantitative estimate of drug-likeness (QED) is 0.913. The van der Waals surface area contributed by atoms with Crippen molar-refractivity contribution in [1.29, 1.82) is 0 Å². The van der Waals surface area contributed by atoms with Gasteiger partial charge >= 0.3 is 0 Å². The van der Waals surface area contributed by atoms with Crippen LogP contribution in [0.4, 0.5) is 16.0 Å². The molecule has 0 radical (unpaired) electrons. The molecular weight excluding hydrogens is 269 g/mol. The zero-order valence-electron chi connectivity index (χ0n) is 11.7. The molecule has 108 valence electrons. The Balaban J connectivity index is 1.53. The molecule has 0 aromatic carbocycles. The second-order valence-electron chi connectivity index (χ2n) is 6.00. The molecule has 1 saturated heterocycles. The highest BCUT2D eigenvalue weighted by molar-refractivity contribution is 5.60. The maximum atomic E-state index is 13.8. The lowest BCUT2D eigenvalue weighted by Gasteiger charge is -2.21. The summed E-state index contributed by atoms with van der Waals surface area (Å²) >= 11 is 0. The van der Waals surface area contributed by atoms with E-state index in [0.29, 0.717) is 11.5 Å². The highest BCUT2D eigenvalue weighted by Crippen LogP contribution is 2.58. The van der Waals surface area contributed by atoms with Crippen LogP contribution >= 0.6 is 0 Å². The van der Waals surface area contributed by atoms with Gasteiger partial charge in [0.05, 0.1) is 18.1 Å².